The molecule has 0 amide bonds. The van der Waals surface area contributed by atoms with Crippen LogP contribution in [-0.4, -0.2) is 54.3 Å². The Hall–Kier alpha value is -0.170. The van der Waals surface area contributed by atoms with Crippen molar-refractivity contribution in [1.29, 1.82) is 0 Å². The molecule has 0 radical (unpaired) electrons. The number of halogens is 1. The molecule has 4 nitrogen and oxygen atoms in total. The Bertz CT molecular complexity index is 312. The summed E-state index contributed by atoms with van der Waals surface area (Å²) in [6.07, 6.45) is 0. The maximum atomic E-state index is 8.83. The van der Waals surface area contributed by atoms with Crippen molar-refractivity contribution in [2.45, 2.75) is 0 Å². The third-order valence-electron chi connectivity index (χ3n) is 2.52. The van der Waals surface area contributed by atoms with E-state index < -0.39 is 0 Å². The molecule has 1 aromatic heterocycles. The monoisotopic (exact) mass is 291 g/mol. The average molecular weight is 292 g/mol. The number of β-amino-alcohol motifs (C(OH)–C–C–N with tert-alkyl or cyclic N) is 1. The number of anilines is 1. The van der Waals surface area contributed by atoms with Crippen molar-refractivity contribution in [1.82, 2.24) is 9.88 Å². The number of aliphatic hydroxyl groups excluding tert-OH is 1. The molecule has 1 aromatic rings. The quantitative estimate of drug-likeness (QED) is 0.903. The minimum absolute atomic E-state index is 0.253. The summed E-state index contributed by atoms with van der Waals surface area (Å²) in [6, 6.07) is 0. The van der Waals surface area contributed by atoms with E-state index >= 15 is 0 Å². The molecule has 0 aliphatic carbocycles. The summed E-state index contributed by atoms with van der Waals surface area (Å²) in [7, 11) is 0. The number of piperazine rings is 1. The van der Waals surface area contributed by atoms with Crippen LogP contribution in [-0.2, 0) is 0 Å². The summed E-state index contributed by atoms with van der Waals surface area (Å²) >= 11 is 5.04. The number of hydrogen-bond acceptors (Lipinski definition) is 5. The van der Waals surface area contributed by atoms with Gasteiger partial charge in [-0.15, -0.1) is 11.3 Å². The molecule has 0 bridgehead atoms. The number of rotatable bonds is 3. The van der Waals surface area contributed by atoms with Gasteiger partial charge >= 0.3 is 0 Å². The third-order valence-corrected chi connectivity index (χ3v) is 4.13. The minimum Gasteiger partial charge on any atom is -0.395 e. The van der Waals surface area contributed by atoms with E-state index in [1.807, 2.05) is 5.38 Å². The first-order chi connectivity index (χ1) is 7.29. The lowest BCUT2D eigenvalue weighted by Crippen LogP contribution is -2.47. The van der Waals surface area contributed by atoms with Gasteiger partial charge in [-0.05, 0) is 15.9 Å². The van der Waals surface area contributed by atoms with Gasteiger partial charge in [0.2, 0.25) is 0 Å². The average Bonchev–Trinajstić information content (AvgIpc) is 2.67. The van der Waals surface area contributed by atoms with Gasteiger partial charge in [0.15, 0.2) is 5.13 Å². The van der Waals surface area contributed by atoms with Gasteiger partial charge in [-0.2, -0.15) is 0 Å². The van der Waals surface area contributed by atoms with Crippen LogP contribution in [0.1, 0.15) is 0 Å². The van der Waals surface area contributed by atoms with Crippen molar-refractivity contribution in [3.8, 4) is 0 Å². The van der Waals surface area contributed by atoms with E-state index in [1.165, 1.54) is 0 Å². The topological polar surface area (TPSA) is 39.6 Å². The molecule has 1 saturated heterocycles. The van der Waals surface area contributed by atoms with Crippen molar-refractivity contribution in [3.63, 3.8) is 0 Å². The van der Waals surface area contributed by atoms with Crippen LogP contribution in [0.4, 0.5) is 5.13 Å². The van der Waals surface area contributed by atoms with Crippen molar-refractivity contribution in [2.75, 3.05) is 44.2 Å². The maximum absolute atomic E-state index is 8.83. The fourth-order valence-electron chi connectivity index (χ4n) is 1.69. The number of aromatic nitrogens is 1. The second kappa shape index (κ2) is 5.25. The van der Waals surface area contributed by atoms with Crippen LogP contribution in [0.5, 0.6) is 0 Å². The van der Waals surface area contributed by atoms with Crippen LogP contribution in [0.2, 0.25) is 0 Å². The molecule has 6 heteroatoms. The first kappa shape index (κ1) is 11.3. The predicted octanol–water partition coefficient (Wildman–Crippen LogP) is 1.02. The van der Waals surface area contributed by atoms with Crippen LogP contribution < -0.4 is 4.90 Å². The highest BCUT2D eigenvalue weighted by Crippen LogP contribution is 2.24. The minimum atomic E-state index is 0.253. The summed E-state index contributed by atoms with van der Waals surface area (Å²) in [6.45, 7) is 5.06. The molecule has 15 heavy (non-hydrogen) atoms. The largest absolute Gasteiger partial charge is 0.395 e. The fraction of sp³-hybridized carbons (Fsp3) is 0.667. The first-order valence-electron chi connectivity index (χ1n) is 4.99. The molecule has 0 unspecified atom stereocenters. The molecule has 84 valence electrons. The zero-order valence-corrected chi connectivity index (χ0v) is 10.8. The zero-order chi connectivity index (χ0) is 10.7. The van der Waals surface area contributed by atoms with Gasteiger partial charge < -0.3 is 10.0 Å². The highest BCUT2D eigenvalue weighted by molar-refractivity contribution is 9.10. The molecule has 2 heterocycles. The lowest BCUT2D eigenvalue weighted by atomic mass is 10.3. The molecular weight excluding hydrogens is 278 g/mol. The maximum Gasteiger partial charge on any atom is 0.186 e. The lowest BCUT2D eigenvalue weighted by Gasteiger charge is -2.34. The van der Waals surface area contributed by atoms with E-state index in [2.05, 4.69) is 30.7 Å². The Morgan fingerprint density at radius 1 is 1.40 bits per heavy atom. The standard InChI is InChI=1S/C9H14BrN3OS/c10-8-7-15-9(11-8)13-3-1-12(2-4-13)5-6-14/h7,14H,1-6H2. The highest BCUT2D eigenvalue weighted by atomic mass is 79.9. The van der Waals surface area contributed by atoms with Gasteiger partial charge in [0, 0.05) is 38.1 Å². The third kappa shape index (κ3) is 2.90. The van der Waals surface area contributed by atoms with Crippen LogP contribution in [0, 0.1) is 0 Å². The van der Waals surface area contributed by atoms with Crippen LogP contribution in [0.3, 0.4) is 0 Å². The first-order valence-corrected chi connectivity index (χ1v) is 6.66. The molecule has 1 aliphatic rings. The predicted molar refractivity (Wildman–Crippen MR) is 65.6 cm³/mol. The Morgan fingerprint density at radius 3 is 2.67 bits per heavy atom. The normalized spacial score (nSPS) is 18.4. The van der Waals surface area contributed by atoms with E-state index in [4.69, 9.17) is 5.11 Å². The highest BCUT2D eigenvalue weighted by Gasteiger charge is 2.18. The molecule has 2 rings (SSSR count). The van der Waals surface area contributed by atoms with Gasteiger partial charge in [-0.3, -0.25) is 4.90 Å². The van der Waals surface area contributed by atoms with Crippen molar-refractivity contribution in [3.05, 3.63) is 9.98 Å². The Labute approximate surface area is 102 Å². The SMILES string of the molecule is OCCN1CCN(c2nc(Br)cs2)CC1. The van der Waals surface area contributed by atoms with E-state index in [-0.39, 0.29) is 6.61 Å². The second-order valence-electron chi connectivity index (χ2n) is 3.51. The van der Waals surface area contributed by atoms with Crippen LogP contribution in [0.25, 0.3) is 0 Å². The molecular formula is C9H14BrN3OS. The number of nitrogens with zero attached hydrogens (tertiary/aromatic N) is 3. The van der Waals surface area contributed by atoms with Gasteiger partial charge in [0.05, 0.1) is 6.61 Å². The molecule has 0 saturated carbocycles. The molecule has 1 N–H and O–H groups in total. The van der Waals surface area contributed by atoms with Crippen molar-refractivity contribution in [2.24, 2.45) is 0 Å². The van der Waals surface area contributed by atoms with Crippen molar-refractivity contribution < 1.29 is 5.11 Å². The van der Waals surface area contributed by atoms with Crippen LogP contribution in [0.15, 0.2) is 9.98 Å². The lowest BCUT2D eigenvalue weighted by molar-refractivity contribution is 0.189. The summed E-state index contributed by atoms with van der Waals surface area (Å²) in [4.78, 5) is 8.97. The summed E-state index contributed by atoms with van der Waals surface area (Å²) in [5, 5.41) is 11.9. The number of hydrogen-bond donors (Lipinski definition) is 1. The van der Waals surface area contributed by atoms with Gasteiger partial charge in [-0.25, -0.2) is 4.98 Å². The van der Waals surface area contributed by atoms with E-state index in [1.54, 1.807) is 11.3 Å². The number of thiazole rings is 1. The van der Waals surface area contributed by atoms with Crippen LogP contribution >= 0.6 is 27.3 Å². The van der Waals surface area contributed by atoms with Gasteiger partial charge in [-0.1, -0.05) is 0 Å². The Balaban J connectivity index is 1.88. The second-order valence-corrected chi connectivity index (χ2v) is 5.15. The fourth-order valence-corrected chi connectivity index (χ4v) is 3.00. The summed E-state index contributed by atoms with van der Waals surface area (Å²) < 4.78 is 0.917. The van der Waals surface area contributed by atoms with E-state index in [9.17, 15) is 0 Å². The van der Waals surface area contributed by atoms with Crippen molar-refractivity contribution >= 4 is 32.4 Å². The number of aliphatic hydroxyl groups is 1. The summed E-state index contributed by atoms with van der Waals surface area (Å²) in [5.41, 5.74) is 0. The smallest absolute Gasteiger partial charge is 0.186 e. The molecule has 0 aromatic carbocycles. The summed E-state index contributed by atoms with van der Waals surface area (Å²) in [5.74, 6) is 0. The Kier molecular flexibility index (Phi) is 3.96. The molecule has 1 fully saturated rings. The zero-order valence-electron chi connectivity index (χ0n) is 8.40. The molecule has 1 aliphatic heterocycles. The van der Waals surface area contributed by atoms with Gasteiger partial charge in [0.25, 0.3) is 0 Å². The Morgan fingerprint density at radius 2 is 2.13 bits per heavy atom. The molecule has 0 spiro atoms. The van der Waals surface area contributed by atoms with E-state index in [0.29, 0.717) is 0 Å². The van der Waals surface area contributed by atoms with Gasteiger partial charge in [0.1, 0.15) is 4.60 Å². The molecule has 0 atom stereocenters. The van der Waals surface area contributed by atoms with E-state index in [0.717, 1.165) is 42.5 Å².